The van der Waals surface area contributed by atoms with Gasteiger partial charge in [-0.1, -0.05) is 17.3 Å². The summed E-state index contributed by atoms with van der Waals surface area (Å²) in [5.41, 5.74) is 1.06. The Bertz CT molecular complexity index is 829. The molecule has 0 saturated carbocycles. The van der Waals surface area contributed by atoms with Crippen molar-refractivity contribution in [1.29, 1.82) is 0 Å². The van der Waals surface area contributed by atoms with Crippen LogP contribution in [0.1, 0.15) is 48.9 Å². The van der Waals surface area contributed by atoms with E-state index in [1.165, 1.54) is 12.8 Å². The van der Waals surface area contributed by atoms with Crippen LogP contribution in [-0.2, 0) is 17.8 Å². The Morgan fingerprint density at radius 2 is 2.07 bits per heavy atom. The molecule has 1 aromatic carbocycles. The molecular formula is C22H30N4O3. The number of benzene rings is 1. The van der Waals surface area contributed by atoms with Crippen molar-refractivity contribution >= 4 is 5.91 Å². The summed E-state index contributed by atoms with van der Waals surface area (Å²) in [4.78, 5) is 21.4. The van der Waals surface area contributed by atoms with Crippen LogP contribution in [0.15, 0.2) is 28.8 Å². The number of nitrogens with zero attached hydrogens (tertiary/aromatic N) is 4. The zero-order chi connectivity index (χ0) is 20.2. The van der Waals surface area contributed by atoms with E-state index in [1.54, 1.807) is 7.11 Å². The molecule has 1 atom stereocenters. The van der Waals surface area contributed by atoms with E-state index in [9.17, 15) is 4.79 Å². The Morgan fingerprint density at radius 3 is 2.86 bits per heavy atom. The highest BCUT2D eigenvalue weighted by Crippen LogP contribution is 2.29. The fourth-order valence-corrected chi connectivity index (χ4v) is 4.30. The largest absolute Gasteiger partial charge is 0.497 e. The Morgan fingerprint density at radius 1 is 1.24 bits per heavy atom. The van der Waals surface area contributed by atoms with Crippen molar-refractivity contribution in [2.45, 2.75) is 44.6 Å². The van der Waals surface area contributed by atoms with E-state index in [1.807, 2.05) is 29.2 Å². The molecule has 0 spiro atoms. The van der Waals surface area contributed by atoms with Crippen molar-refractivity contribution in [3.63, 3.8) is 0 Å². The maximum atomic E-state index is 12.4. The van der Waals surface area contributed by atoms with Crippen molar-refractivity contribution in [1.82, 2.24) is 19.9 Å². The number of methoxy groups -OCH3 is 1. The predicted octanol–water partition coefficient (Wildman–Crippen LogP) is 2.87. The van der Waals surface area contributed by atoms with Crippen molar-refractivity contribution in [2.24, 2.45) is 5.92 Å². The summed E-state index contributed by atoms with van der Waals surface area (Å²) in [5.74, 6) is 3.21. The molecule has 7 nitrogen and oxygen atoms in total. The monoisotopic (exact) mass is 398 g/mol. The summed E-state index contributed by atoms with van der Waals surface area (Å²) >= 11 is 0. The lowest BCUT2D eigenvalue weighted by molar-refractivity contribution is -0.134. The first-order valence-electron chi connectivity index (χ1n) is 10.5. The molecule has 156 valence electrons. The first kappa shape index (κ1) is 19.9. The van der Waals surface area contributed by atoms with Gasteiger partial charge >= 0.3 is 0 Å². The summed E-state index contributed by atoms with van der Waals surface area (Å²) in [6, 6.07) is 7.86. The van der Waals surface area contributed by atoms with Crippen LogP contribution >= 0.6 is 0 Å². The number of hydrogen-bond donors (Lipinski definition) is 0. The molecule has 0 aliphatic carbocycles. The van der Waals surface area contributed by atoms with Gasteiger partial charge in [0.15, 0.2) is 5.82 Å². The number of aromatic nitrogens is 2. The predicted molar refractivity (Wildman–Crippen MR) is 109 cm³/mol. The molecule has 2 saturated heterocycles. The topological polar surface area (TPSA) is 71.7 Å². The third kappa shape index (κ3) is 4.96. The maximum absolute atomic E-state index is 12.4. The summed E-state index contributed by atoms with van der Waals surface area (Å²) in [6.45, 7) is 3.47. The standard InChI is InChI=1S/C22H30N4O3/c1-25-10-8-16(9-11-25)13-20-23-22(29-24-20)18-6-7-21(27)26(15-18)14-17-4-3-5-19(12-17)28-2/h3-5,12,16,18H,6-11,13-15H2,1-2H3/t18-/m1/s1. The summed E-state index contributed by atoms with van der Waals surface area (Å²) < 4.78 is 10.9. The smallest absolute Gasteiger partial charge is 0.231 e. The number of hydrogen-bond acceptors (Lipinski definition) is 6. The molecule has 0 radical (unpaired) electrons. The fraction of sp³-hybridized carbons (Fsp3) is 0.591. The normalized spacial score (nSPS) is 21.5. The molecule has 1 amide bonds. The van der Waals surface area contributed by atoms with Gasteiger partial charge in [-0.2, -0.15) is 4.98 Å². The quantitative estimate of drug-likeness (QED) is 0.745. The minimum Gasteiger partial charge on any atom is -0.497 e. The fourth-order valence-electron chi connectivity index (χ4n) is 4.30. The van der Waals surface area contributed by atoms with Crippen molar-refractivity contribution in [2.75, 3.05) is 33.8 Å². The summed E-state index contributed by atoms with van der Waals surface area (Å²) in [5, 5.41) is 4.24. The average Bonchev–Trinajstić information content (AvgIpc) is 3.20. The molecule has 2 aromatic rings. The Balaban J connectivity index is 1.37. The highest BCUT2D eigenvalue weighted by Gasteiger charge is 2.30. The number of ether oxygens (including phenoxy) is 1. The van der Waals surface area contributed by atoms with E-state index < -0.39 is 0 Å². The van der Waals surface area contributed by atoms with E-state index in [-0.39, 0.29) is 11.8 Å². The zero-order valence-electron chi connectivity index (χ0n) is 17.3. The number of rotatable bonds is 6. The Labute approximate surface area is 172 Å². The van der Waals surface area contributed by atoms with Gasteiger partial charge in [-0.15, -0.1) is 0 Å². The first-order chi connectivity index (χ1) is 14.1. The highest BCUT2D eigenvalue weighted by molar-refractivity contribution is 5.77. The Hall–Kier alpha value is -2.41. The summed E-state index contributed by atoms with van der Waals surface area (Å²) in [7, 11) is 3.82. The number of carbonyl (C=O) groups is 1. The van der Waals surface area contributed by atoms with E-state index in [2.05, 4.69) is 17.1 Å². The van der Waals surface area contributed by atoms with E-state index >= 15 is 0 Å². The van der Waals surface area contributed by atoms with Crippen molar-refractivity contribution in [3.8, 4) is 5.75 Å². The molecule has 0 N–H and O–H groups in total. The second kappa shape index (κ2) is 8.95. The molecule has 3 heterocycles. The minimum absolute atomic E-state index is 0.108. The van der Waals surface area contributed by atoms with Crippen LogP contribution in [0.5, 0.6) is 5.75 Å². The molecule has 4 rings (SSSR count). The first-order valence-corrected chi connectivity index (χ1v) is 10.5. The average molecular weight is 399 g/mol. The second-order valence-electron chi connectivity index (χ2n) is 8.36. The highest BCUT2D eigenvalue weighted by atomic mass is 16.5. The van der Waals surface area contributed by atoms with Crippen LogP contribution in [0.25, 0.3) is 0 Å². The van der Waals surface area contributed by atoms with Gasteiger partial charge in [0.2, 0.25) is 11.8 Å². The van der Waals surface area contributed by atoms with Gasteiger partial charge in [-0.05, 0) is 63.0 Å². The number of carbonyl (C=O) groups excluding carboxylic acids is 1. The van der Waals surface area contributed by atoms with Gasteiger partial charge in [0.25, 0.3) is 0 Å². The van der Waals surface area contributed by atoms with E-state index in [4.69, 9.17) is 14.2 Å². The van der Waals surface area contributed by atoms with Gasteiger partial charge in [-0.3, -0.25) is 4.79 Å². The van der Waals surface area contributed by atoms with Crippen LogP contribution in [0.3, 0.4) is 0 Å². The maximum Gasteiger partial charge on any atom is 0.231 e. The van der Waals surface area contributed by atoms with Gasteiger partial charge < -0.3 is 19.1 Å². The SMILES string of the molecule is COc1cccc(CN2C[C@H](c3nc(CC4CCN(C)CC4)no3)CCC2=O)c1. The number of likely N-dealkylation sites (tertiary alicyclic amines) is 2. The number of amides is 1. The molecule has 2 aliphatic heterocycles. The molecule has 0 bridgehead atoms. The third-order valence-corrected chi connectivity index (χ3v) is 6.15. The van der Waals surface area contributed by atoms with Crippen molar-refractivity contribution in [3.05, 3.63) is 41.5 Å². The van der Waals surface area contributed by atoms with Crippen LogP contribution < -0.4 is 4.74 Å². The van der Waals surface area contributed by atoms with Crippen LogP contribution in [0.2, 0.25) is 0 Å². The lowest BCUT2D eigenvalue weighted by Gasteiger charge is -2.31. The number of piperidine rings is 2. The Kier molecular flexibility index (Phi) is 6.13. The van der Waals surface area contributed by atoms with Gasteiger partial charge in [-0.25, -0.2) is 0 Å². The molecule has 29 heavy (non-hydrogen) atoms. The van der Waals surface area contributed by atoms with Crippen LogP contribution in [0.4, 0.5) is 0 Å². The van der Waals surface area contributed by atoms with Gasteiger partial charge in [0.05, 0.1) is 13.0 Å². The third-order valence-electron chi connectivity index (χ3n) is 6.15. The zero-order valence-corrected chi connectivity index (χ0v) is 17.3. The van der Waals surface area contributed by atoms with Crippen LogP contribution in [-0.4, -0.2) is 59.6 Å². The molecule has 2 aliphatic rings. The molecule has 0 unspecified atom stereocenters. The van der Waals surface area contributed by atoms with Crippen molar-refractivity contribution < 1.29 is 14.1 Å². The lowest BCUT2D eigenvalue weighted by atomic mass is 9.93. The lowest BCUT2D eigenvalue weighted by Crippen LogP contribution is -2.38. The minimum atomic E-state index is 0.108. The molecule has 2 fully saturated rings. The van der Waals surface area contributed by atoms with Gasteiger partial charge in [0, 0.05) is 25.9 Å². The molecule has 7 heteroatoms. The second-order valence-corrected chi connectivity index (χ2v) is 8.36. The molecule has 1 aromatic heterocycles. The summed E-state index contributed by atoms with van der Waals surface area (Å²) in [6.07, 6.45) is 4.54. The van der Waals surface area contributed by atoms with E-state index in [0.717, 1.165) is 43.1 Å². The van der Waals surface area contributed by atoms with Crippen LogP contribution in [0, 0.1) is 5.92 Å². The van der Waals surface area contributed by atoms with E-state index in [0.29, 0.717) is 31.3 Å². The molecular weight excluding hydrogens is 368 g/mol. The van der Waals surface area contributed by atoms with Gasteiger partial charge in [0.1, 0.15) is 5.75 Å².